The summed E-state index contributed by atoms with van der Waals surface area (Å²) in [4.78, 5) is 21.1. The van der Waals surface area contributed by atoms with Crippen LogP contribution in [0.15, 0.2) is 33.7 Å². The fourth-order valence-corrected chi connectivity index (χ4v) is 4.69. The van der Waals surface area contributed by atoms with Crippen molar-refractivity contribution in [2.24, 2.45) is 4.99 Å². The molecule has 1 heterocycles. The molecule has 3 aliphatic rings. The second-order valence-corrected chi connectivity index (χ2v) is 9.12. The summed E-state index contributed by atoms with van der Waals surface area (Å²) in [6.07, 6.45) is 4.71. The topological polar surface area (TPSA) is 60.0 Å². The highest BCUT2D eigenvalue weighted by molar-refractivity contribution is 14.0. The maximum atomic E-state index is 12.0. The van der Waals surface area contributed by atoms with E-state index in [-0.39, 0.29) is 35.3 Å². The van der Waals surface area contributed by atoms with E-state index in [4.69, 9.17) is 0 Å². The van der Waals surface area contributed by atoms with Gasteiger partial charge < -0.3 is 15.5 Å². The predicted molar refractivity (Wildman–Crippen MR) is 131 cm³/mol. The van der Waals surface area contributed by atoms with E-state index < -0.39 is 0 Å². The third-order valence-electron chi connectivity index (χ3n) is 6.08. The molecule has 1 aromatic carbocycles. The minimum atomic E-state index is 0. The third-order valence-corrected chi connectivity index (χ3v) is 6.77. The Kier molecular flexibility index (Phi) is 7.83. The molecule has 1 aromatic rings. The number of nitrogens with one attached hydrogen (secondary N) is 2. The zero-order valence-corrected chi connectivity index (χ0v) is 20.9. The maximum absolute atomic E-state index is 12.0. The zero-order chi connectivity index (χ0) is 19.6. The number of hydrogen-bond donors (Lipinski definition) is 2. The molecule has 2 aliphatic carbocycles. The van der Waals surface area contributed by atoms with Crippen molar-refractivity contribution in [1.82, 2.24) is 20.4 Å². The molecule has 29 heavy (non-hydrogen) atoms. The number of rotatable bonds is 6. The van der Waals surface area contributed by atoms with Crippen LogP contribution in [-0.2, 0) is 10.2 Å². The fraction of sp³-hybridized carbons (Fsp3) is 0.619. The summed E-state index contributed by atoms with van der Waals surface area (Å²) in [5.74, 6) is 1.14. The van der Waals surface area contributed by atoms with E-state index in [1.807, 2.05) is 7.05 Å². The molecular formula is C21H31BrIN5O. The number of nitrogens with zero attached hydrogens (tertiary/aromatic N) is 3. The van der Waals surface area contributed by atoms with Gasteiger partial charge in [0.1, 0.15) is 0 Å². The number of piperazine rings is 1. The van der Waals surface area contributed by atoms with Crippen LogP contribution in [0.5, 0.6) is 0 Å². The molecule has 0 radical (unpaired) electrons. The van der Waals surface area contributed by atoms with E-state index in [0.29, 0.717) is 12.6 Å². The Morgan fingerprint density at radius 2 is 1.90 bits per heavy atom. The van der Waals surface area contributed by atoms with E-state index in [9.17, 15) is 4.79 Å². The molecule has 3 fully saturated rings. The van der Waals surface area contributed by atoms with E-state index in [1.54, 1.807) is 0 Å². The Balaban J connectivity index is 0.00000240. The van der Waals surface area contributed by atoms with Gasteiger partial charge in [0.05, 0.1) is 6.54 Å². The molecule has 6 nitrogen and oxygen atoms in total. The Morgan fingerprint density at radius 3 is 2.48 bits per heavy atom. The van der Waals surface area contributed by atoms with Crippen molar-refractivity contribution >= 4 is 51.8 Å². The van der Waals surface area contributed by atoms with Crippen LogP contribution in [0, 0.1) is 0 Å². The third kappa shape index (κ3) is 5.85. The fourth-order valence-electron chi connectivity index (χ4n) is 3.99. The second kappa shape index (κ2) is 9.96. The molecule has 4 rings (SSSR count). The summed E-state index contributed by atoms with van der Waals surface area (Å²) in [6, 6.07) is 8.99. The molecule has 0 aromatic heterocycles. The molecule has 1 aliphatic heterocycles. The Morgan fingerprint density at radius 1 is 1.21 bits per heavy atom. The Bertz CT molecular complexity index is 742. The van der Waals surface area contributed by atoms with Gasteiger partial charge in [0, 0.05) is 55.7 Å². The molecule has 1 saturated heterocycles. The van der Waals surface area contributed by atoms with Gasteiger partial charge in [-0.1, -0.05) is 34.1 Å². The first-order chi connectivity index (χ1) is 13.6. The van der Waals surface area contributed by atoms with Crippen molar-refractivity contribution < 1.29 is 4.79 Å². The number of amides is 1. The van der Waals surface area contributed by atoms with E-state index >= 15 is 0 Å². The lowest BCUT2D eigenvalue weighted by Crippen LogP contribution is -2.54. The van der Waals surface area contributed by atoms with Crippen LogP contribution in [-0.4, -0.2) is 74.0 Å². The highest BCUT2D eigenvalue weighted by Crippen LogP contribution is 2.49. The van der Waals surface area contributed by atoms with Crippen molar-refractivity contribution in [3.05, 3.63) is 34.3 Å². The number of benzene rings is 1. The van der Waals surface area contributed by atoms with Crippen LogP contribution in [0.2, 0.25) is 0 Å². The molecule has 0 spiro atoms. The molecule has 2 N–H and O–H groups in total. The average Bonchev–Trinajstić information content (AvgIpc) is 3.61. The van der Waals surface area contributed by atoms with Crippen LogP contribution in [0.4, 0.5) is 0 Å². The van der Waals surface area contributed by atoms with Crippen LogP contribution < -0.4 is 10.6 Å². The van der Waals surface area contributed by atoms with Gasteiger partial charge in [-0.15, -0.1) is 24.0 Å². The van der Waals surface area contributed by atoms with E-state index in [1.165, 1.54) is 22.9 Å². The summed E-state index contributed by atoms with van der Waals surface area (Å²) in [6.45, 7) is 5.02. The average molecular weight is 576 g/mol. The first-order valence-electron chi connectivity index (χ1n) is 10.3. The van der Waals surface area contributed by atoms with Gasteiger partial charge in [0.15, 0.2) is 5.96 Å². The lowest BCUT2D eigenvalue weighted by molar-refractivity contribution is -0.122. The van der Waals surface area contributed by atoms with Crippen molar-refractivity contribution in [1.29, 1.82) is 0 Å². The van der Waals surface area contributed by atoms with Crippen LogP contribution >= 0.6 is 39.9 Å². The van der Waals surface area contributed by atoms with Gasteiger partial charge in [-0.05, 0) is 37.3 Å². The number of hydrogen-bond acceptors (Lipinski definition) is 3. The van der Waals surface area contributed by atoms with Crippen LogP contribution in [0.3, 0.4) is 0 Å². The zero-order valence-electron chi connectivity index (χ0n) is 17.0. The van der Waals surface area contributed by atoms with Crippen molar-refractivity contribution in [3.8, 4) is 0 Å². The molecular weight excluding hydrogens is 545 g/mol. The van der Waals surface area contributed by atoms with Gasteiger partial charge in [-0.2, -0.15) is 0 Å². The number of guanidine groups is 1. The Hall–Kier alpha value is -0.870. The van der Waals surface area contributed by atoms with Crippen molar-refractivity contribution in [2.75, 3.05) is 46.3 Å². The predicted octanol–water partition coefficient (Wildman–Crippen LogP) is 2.57. The Labute approximate surface area is 199 Å². The van der Waals surface area contributed by atoms with Crippen LogP contribution in [0.1, 0.15) is 31.2 Å². The first-order valence-corrected chi connectivity index (χ1v) is 11.1. The van der Waals surface area contributed by atoms with Gasteiger partial charge in [-0.3, -0.25) is 14.7 Å². The van der Waals surface area contributed by atoms with Crippen molar-refractivity contribution in [2.45, 2.75) is 37.1 Å². The maximum Gasteiger partial charge on any atom is 0.234 e. The lowest BCUT2D eigenvalue weighted by atomic mass is 9.96. The summed E-state index contributed by atoms with van der Waals surface area (Å²) in [5.41, 5.74) is 1.61. The van der Waals surface area contributed by atoms with Gasteiger partial charge in [0.2, 0.25) is 5.91 Å². The molecule has 160 valence electrons. The number of halogens is 2. The van der Waals surface area contributed by atoms with E-state index in [2.05, 4.69) is 65.6 Å². The number of aliphatic imine (C=N–C) groups is 1. The highest BCUT2D eigenvalue weighted by Gasteiger charge is 2.45. The lowest BCUT2D eigenvalue weighted by Gasteiger charge is -2.36. The van der Waals surface area contributed by atoms with Gasteiger partial charge >= 0.3 is 0 Å². The van der Waals surface area contributed by atoms with Crippen LogP contribution in [0.25, 0.3) is 0 Å². The highest BCUT2D eigenvalue weighted by atomic mass is 127. The largest absolute Gasteiger partial charge is 0.355 e. The molecule has 8 heteroatoms. The monoisotopic (exact) mass is 575 g/mol. The van der Waals surface area contributed by atoms with Gasteiger partial charge in [0.25, 0.3) is 0 Å². The second-order valence-electron chi connectivity index (χ2n) is 8.27. The standard InChI is InChI=1S/C21H30BrN5O.HI/c1-23-20(24-15-21(8-9-21)17-4-2-3-5-18(17)22)27-12-10-26(11-13-27)14-19(28)25-16-6-7-16;/h2-5,16H,6-15H2,1H3,(H,23,24)(H,25,28);1H. The SMILES string of the molecule is CN=C(NCC1(c2ccccc2Br)CC1)N1CCN(CC(=O)NC2CC2)CC1.I. The molecule has 0 bridgehead atoms. The van der Waals surface area contributed by atoms with Crippen molar-refractivity contribution in [3.63, 3.8) is 0 Å². The number of carbonyl (C=O) groups is 1. The minimum Gasteiger partial charge on any atom is -0.355 e. The quantitative estimate of drug-likeness (QED) is 0.311. The smallest absolute Gasteiger partial charge is 0.234 e. The molecule has 0 unspecified atom stereocenters. The summed E-state index contributed by atoms with van der Waals surface area (Å²) < 4.78 is 1.20. The summed E-state index contributed by atoms with van der Waals surface area (Å²) >= 11 is 3.71. The number of carbonyl (C=O) groups excluding carboxylic acids is 1. The molecule has 0 atom stereocenters. The molecule has 1 amide bonds. The minimum absolute atomic E-state index is 0. The first kappa shape index (κ1) is 22.8. The summed E-state index contributed by atoms with van der Waals surface area (Å²) in [7, 11) is 1.86. The normalized spacial score (nSPS) is 21.3. The molecule has 2 saturated carbocycles. The van der Waals surface area contributed by atoms with Gasteiger partial charge in [-0.25, -0.2) is 0 Å². The summed E-state index contributed by atoms with van der Waals surface area (Å²) in [5, 5.41) is 6.69. The van der Waals surface area contributed by atoms with E-state index in [0.717, 1.165) is 51.5 Å².